The van der Waals surface area contributed by atoms with Crippen LogP contribution in [0.1, 0.15) is 55.1 Å². The number of aromatic nitrogens is 3. The van der Waals surface area contributed by atoms with E-state index in [2.05, 4.69) is 20.3 Å². The summed E-state index contributed by atoms with van der Waals surface area (Å²) in [5, 5.41) is 11.4. The highest BCUT2D eigenvalue weighted by molar-refractivity contribution is 5.82. The minimum absolute atomic E-state index is 0.0687. The van der Waals surface area contributed by atoms with Crippen molar-refractivity contribution in [2.75, 3.05) is 6.54 Å². The molecule has 1 saturated carbocycles. The van der Waals surface area contributed by atoms with Crippen LogP contribution in [-0.4, -0.2) is 32.7 Å². The zero-order valence-corrected chi connectivity index (χ0v) is 13.6. The monoisotopic (exact) mass is 314 g/mol. The lowest BCUT2D eigenvalue weighted by Crippen LogP contribution is -2.39. The third-order valence-electron chi connectivity index (χ3n) is 5.12. The maximum Gasteiger partial charge on any atom is 0.226 e. The number of nitrogens with one attached hydrogen (secondary N) is 1. The van der Waals surface area contributed by atoms with E-state index in [9.17, 15) is 4.79 Å². The number of rotatable bonds is 3. The zero-order chi connectivity index (χ0) is 16.0. The van der Waals surface area contributed by atoms with Crippen LogP contribution >= 0.6 is 0 Å². The average molecular weight is 314 g/mol. The van der Waals surface area contributed by atoms with Crippen LogP contribution in [0.3, 0.4) is 0 Å². The number of aryl methyl sites for hydroxylation is 1. The van der Waals surface area contributed by atoms with E-state index in [4.69, 9.17) is 4.52 Å². The van der Waals surface area contributed by atoms with E-state index in [0.717, 1.165) is 66.9 Å². The zero-order valence-electron chi connectivity index (χ0n) is 13.6. The molecule has 2 aromatic heterocycles. The highest BCUT2D eigenvalue weighted by atomic mass is 16.5. The molecule has 0 unspecified atom stereocenters. The van der Waals surface area contributed by atoms with Crippen molar-refractivity contribution in [1.29, 1.82) is 0 Å². The van der Waals surface area contributed by atoms with Crippen molar-refractivity contribution in [2.45, 2.75) is 52.0 Å². The molecule has 2 aliphatic rings. The molecule has 2 fully saturated rings. The number of carbonyl (C=O) groups excluding carboxylic acids is 1. The summed E-state index contributed by atoms with van der Waals surface area (Å²) >= 11 is 0. The van der Waals surface area contributed by atoms with Gasteiger partial charge in [0.15, 0.2) is 5.76 Å². The van der Waals surface area contributed by atoms with Crippen molar-refractivity contribution < 1.29 is 9.32 Å². The van der Waals surface area contributed by atoms with Gasteiger partial charge in [0, 0.05) is 18.0 Å². The van der Waals surface area contributed by atoms with Gasteiger partial charge in [-0.1, -0.05) is 5.16 Å². The van der Waals surface area contributed by atoms with Gasteiger partial charge in [0.05, 0.1) is 29.2 Å². The molecule has 1 saturated heterocycles. The fourth-order valence-corrected chi connectivity index (χ4v) is 3.46. The maximum absolute atomic E-state index is 12.6. The molecule has 1 amide bonds. The van der Waals surface area contributed by atoms with Crippen LogP contribution in [0.4, 0.5) is 0 Å². The predicted molar refractivity (Wildman–Crippen MR) is 84.6 cm³/mol. The SMILES string of the molecule is Cc1noc(-c2cn[nH]c2[C@H]2CCCCN2C(=O)C2CC2)c1C. The molecule has 0 aromatic carbocycles. The van der Waals surface area contributed by atoms with Gasteiger partial charge in [0.2, 0.25) is 5.91 Å². The highest BCUT2D eigenvalue weighted by Crippen LogP contribution is 2.40. The van der Waals surface area contributed by atoms with Crippen molar-refractivity contribution in [3.8, 4) is 11.3 Å². The number of amides is 1. The minimum Gasteiger partial charge on any atom is -0.356 e. The van der Waals surface area contributed by atoms with Crippen LogP contribution in [0.25, 0.3) is 11.3 Å². The predicted octanol–water partition coefficient (Wildman–Crippen LogP) is 3.15. The second-order valence-corrected chi connectivity index (χ2v) is 6.74. The number of hydrogen-bond acceptors (Lipinski definition) is 4. The maximum atomic E-state index is 12.6. The van der Waals surface area contributed by atoms with Crippen LogP contribution in [0.2, 0.25) is 0 Å². The first-order valence-corrected chi connectivity index (χ1v) is 8.44. The Labute approximate surface area is 135 Å². The standard InChI is InChI=1S/C17H22N4O2/c1-10-11(2)20-23-16(10)13-9-18-19-15(13)14-5-3-4-8-21(14)17(22)12-6-7-12/h9,12,14H,3-8H2,1-2H3,(H,18,19)/t14-/m1/s1. The van der Waals surface area contributed by atoms with E-state index in [1.54, 1.807) is 6.20 Å². The molecular formula is C17H22N4O2. The quantitative estimate of drug-likeness (QED) is 0.944. The van der Waals surface area contributed by atoms with Gasteiger partial charge < -0.3 is 9.42 Å². The number of hydrogen-bond donors (Lipinski definition) is 1. The second kappa shape index (κ2) is 5.51. The summed E-state index contributed by atoms with van der Waals surface area (Å²) in [4.78, 5) is 14.7. The lowest BCUT2D eigenvalue weighted by molar-refractivity contribution is -0.136. The Kier molecular flexibility index (Phi) is 3.47. The molecule has 122 valence electrons. The molecule has 2 aromatic rings. The first kappa shape index (κ1) is 14.5. The molecule has 0 spiro atoms. The first-order valence-electron chi connectivity index (χ1n) is 8.44. The summed E-state index contributed by atoms with van der Waals surface area (Å²) in [7, 11) is 0. The summed E-state index contributed by atoms with van der Waals surface area (Å²) in [5.74, 6) is 1.31. The smallest absolute Gasteiger partial charge is 0.226 e. The molecule has 1 atom stereocenters. The number of likely N-dealkylation sites (tertiary alicyclic amines) is 1. The molecular weight excluding hydrogens is 292 g/mol. The van der Waals surface area contributed by atoms with Gasteiger partial charge in [-0.25, -0.2) is 0 Å². The summed E-state index contributed by atoms with van der Waals surface area (Å²) < 4.78 is 5.51. The fourth-order valence-electron chi connectivity index (χ4n) is 3.46. The molecule has 6 heteroatoms. The summed E-state index contributed by atoms with van der Waals surface area (Å²) in [6.07, 6.45) is 7.05. The van der Waals surface area contributed by atoms with Crippen LogP contribution in [0, 0.1) is 19.8 Å². The molecule has 1 aliphatic heterocycles. The highest BCUT2D eigenvalue weighted by Gasteiger charge is 2.39. The molecule has 3 heterocycles. The Balaban J connectivity index is 1.70. The van der Waals surface area contributed by atoms with Gasteiger partial charge in [-0.2, -0.15) is 5.10 Å². The van der Waals surface area contributed by atoms with Crippen molar-refractivity contribution in [2.24, 2.45) is 5.92 Å². The van der Waals surface area contributed by atoms with E-state index in [1.165, 1.54) is 0 Å². The largest absolute Gasteiger partial charge is 0.356 e. The normalized spacial score (nSPS) is 21.7. The number of piperidine rings is 1. The van der Waals surface area contributed by atoms with E-state index in [0.29, 0.717) is 5.91 Å². The number of nitrogens with zero attached hydrogens (tertiary/aromatic N) is 3. The van der Waals surface area contributed by atoms with Crippen LogP contribution < -0.4 is 0 Å². The summed E-state index contributed by atoms with van der Waals surface area (Å²) in [6, 6.07) is 0.0687. The third-order valence-corrected chi connectivity index (χ3v) is 5.12. The van der Waals surface area contributed by atoms with E-state index < -0.39 is 0 Å². The van der Waals surface area contributed by atoms with Gasteiger partial charge in [0.25, 0.3) is 0 Å². The second-order valence-electron chi connectivity index (χ2n) is 6.74. The molecule has 1 aliphatic carbocycles. The topological polar surface area (TPSA) is 75.0 Å². The lowest BCUT2D eigenvalue weighted by Gasteiger charge is -2.35. The van der Waals surface area contributed by atoms with E-state index >= 15 is 0 Å². The van der Waals surface area contributed by atoms with Gasteiger partial charge in [0.1, 0.15) is 0 Å². The van der Waals surface area contributed by atoms with Crippen LogP contribution in [-0.2, 0) is 4.79 Å². The van der Waals surface area contributed by atoms with E-state index in [1.807, 2.05) is 13.8 Å². The summed E-state index contributed by atoms with van der Waals surface area (Å²) in [6.45, 7) is 4.78. The van der Waals surface area contributed by atoms with Crippen LogP contribution in [0.5, 0.6) is 0 Å². The van der Waals surface area contributed by atoms with Crippen molar-refractivity contribution in [1.82, 2.24) is 20.3 Å². The molecule has 6 nitrogen and oxygen atoms in total. The Morgan fingerprint density at radius 3 is 2.83 bits per heavy atom. The molecule has 23 heavy (non-hydrogen) atoms. The van der Waals surface area contributed by atoms with Crippen molar-refractivity contribution in [3.05, 3.63) is 23.1 Å². The Morgan fingerprint density at radius 1 is 1.30 bits per heavy atom. The Bertz CT molecular complexity index is 729. The van der Waals surface area contributed by atoms with Gasteiger partial charge >= 0.3 is 0 Å². The van der Waals surface area contributed by atoms with Crippen molar-refractivity contribution in [3.63, 3.8) is 0 Å². The number of aromatic amines is 1. The third kappa shape index (κ3) is 2.46. The number of H-pyrrole nitrogens is 1. The molecule has 0 radical (unpaired) electrons. The molecule has 0 bridgehead atoms. The molecule has 4 rings (SSSR count). The van der Waals surface area contributed by atoms with Gasteiger partial charge in [-0.3, -0.25) is 9.89 Å². The van der Waals surface area contributed by atoms with E-state index in [-0.39, 0.29) is 12.0 Å². The first-order chi connectivity index (χ1) is 11.2. The minimum atomic E-state index is 0.0687. The Hall–Kier alpha value is -2.11. The lowest BCUT2D eigenvalue weighted by atomic mass is 9.95. The van der Waals surface area contributed by atoms with Crippen LogP contribution in [0.15, 0.2) is 10.7 Å². The molecule has 1 N–H and O–H groups in total. The number of carbonyl (C=O) groups is 1. The Morgan fingerprint density at radius 2 is 2.13 bits per heavy atom. The average Bonchev–Trinajstić information content (AvgIpc) is 3.23. The fraction of sp³-hybridized carbons (Fsp3) is 0.588. The van der Waals surface area contributed by atoms with Crippen molar-refractivity contribution >= 4 is 5.91 Å². The van der Waals surface area contributed by atoms with Gasteiger partial charge in [-0.05, 0) is 46.0 Å². The summed E-state index contributed by atoms with van der Waals surface area (Å²) in [5.41, 5.74) is 3.84. The van der Waals surface area contributed by atoms with Gasteiger partial charge in [-0.15, -0.1) is 0 Å².